The van der Waals surface area contributed by atoms with E-state index in [9.17, 15) is 18.0 Å². The molecular weight excluding hydrogens is 323 g/mol. The highest BCUT2D eigenvalue weighted by Gasteiger charge is 2.31. The van der Waals surface area contributed by atoms with Crippen LogP contribution >= 0.6 is 0 Å². The zero-order valence-corrected chi connectivity index (χ0v) is 12.7. The van der Waals surface area contributed by atoms with E-state index in [0.29, 0.717) is 11.8 Å². The van der Waals surface area contributed by atoms with Crippen LogP contribution in [0, 0.1) is 6.92 Å². The summed E-state index contributed by atoms with van der Waals surface area (Å²) in [7, 11) is 1.64. The lowest BCUT2D eigenvalue weighted by Gasteiger charge is -2.08. The van der Waals surface area contributed by atoms with Gasteiger partial charge in [-0.25, -0.2) is 4.98 Å². The summed E-state index contributed by atoms with van der Waals surface area (Å²) in [5.74, 6) is 0.197. The summed E-state index contributed by atoms with van der Waals surface area (Å²) in [6, 6.07) is 4.26. The second-order valence-electron chi connectivity index (χ2n) is 5.05. The lowest BCUT2D eigenvalue weighted by Crippen LogP contribution is -2.09. The molecule has 9 heteroatoms. The normalized spacial score (nSPS) is 11.7. The van der Waals surface area contributed by atoms with Crippen molar-refractivity contribution in [2.45, 2.75) is 13.1 Å². The quantitative estimate of drug-likeness (QED) is 0.745. The number of carbonyl (C=O) groups is 1. The van der Waals surface area contributed by atoms with Crippen LogP contribution in [-0.4, -0.2) is 32.4 Å². The molecule has 2 aromatic heterocycles. The second-order valence-corrected chi connectivity index (χ2v) is 5.05. The Hall–Kier alpha value is -2.97. The van der Waals surface area contributed by atoms with Gasteiger partial charge in [0.05, 0.1) is 17.3 Å². The third-order valence-corrected chi connectivity index (χ3v) is 3.40. The molecule has 124 valence electrons. The molecule has 0 radical (unpaired) electrons. The molecular formula is C15H12F3N5O. The fourth-order valence-electron chi connectivity index (χ4n) is 2.30. The van der Waals surface area contributed by atoms with Gasteiger partial charge in [-0.3, -0.25) is 4.79 Å². The molecule has 0 saturated carbocycles. The first-order valence-electron chi connectivity index (χ1n) is 6.93. The Morgan fingerprint density at radius 1 is 1.25 bits per heavy atom. The predicted molar refractivity (Wildman–Crippen MR) is 79.9 cm³/mol. The van der Waals surface area contributed by atoms with Crippen LogP contribution in [0.2, 0.25) is 0 Å². The average molecular weight is 335 g/mol. The summed E-state index contributed by atoms with van der Waals surface area (Å²) in [5, 5.41) is 6.86. The second kappa shape index (κ2) is 5.59. The number of alkyl halides is 3. The topological polar surface area (TPSA) is 72.2 Å². The maximum absolute atomic E-state index is 12.8. The summed E-state index contributed by atoms with van der Waals surface area (Å²) < 4.78 is 39.8. The van der Waals surface area contributed by atoms with Gasteiger partial charge in [0.2, 0.25) is 5.95 Å². The Morgan fingerprint density at radius 2 is 2.00 bits per heavy atom. The first-order chi connectivity index (χ1) is 11.3. The van der Waals surface area contributed by atoms with E-state index < -0.39 is 17.5 Å². The van der Waals surface area contributed by atoms with E-state index in [-0.39, 0.29) is 16.8 Å². The van der Waals surface area contributed by atoms with E-state index in [4.69, 9.17) is 0 Å². The smallest absolute Gasteiger partial charge is 0.357 e. The maximum Gasteiger partial charge on any atom is 0.416 e. The summed E-state index contributed by atoms with van der Waals surface area (Å²) >= 11 is 0. The maximum atomic E-state index is 12.8. The lowest BCUT2D eigenvalue weighted by molar-refractivity contribution is -0.137. The molecule has 0 aliphatic heterocycles. The highest BCUT2D eigenvalue weighted by molar-refractivity contribution is 6.12. The SMILES string of the molecule is CNc1nc(C)nc2c(C(=O)c3cccc(C(F)(F)F)c3)cnn12. The van der Waals surface area contributed by atoms with Gasteiger partial charge in [0, 0.05) is 12.6 Å². The van der Waals surface area contributed by atoms with Gasteiger partial charge in [0.1, 0.15) is 5.82 Å². The van der Waals surface area contributed by atoms with E-state index in [1.54, 1.807) is 14.0 Å². The molecule has 0 amide bonds. The molecule has 6 nitrogen and oxygen atoms in total. The minimum Gasteiger partial charge on any atom is -0.357 e. The van der Waals surface area contributed by atoms with Crippen LogP contribution in [0.3, 0.4) is 0 Å². The summed E-state index contributed by atoms with van der Waals surface area (Å²) in [5.41, 5.74) is -0.626. The summed E-state index contributed by atoms with van der Waals surface area (Å²) in [6.45, 7) is 1.65. The largest absolute Gasteiger partial charge is 0.416 e. The highest BCUT2D eigenvalue weighted by atomic mass is 19.4. The number of benzene rings is 1. The fourth-order valence-corrected chi connectivity index (χ4v) is 2.30. The predicted octanol–water partition coefficient (Wildman–Crippen LogP) is 2.72. The van der Waals surface area contributed by atoms with Crippen molar-refractivity contribution in [1.82, 2.24) is 19.6 Å². The van der Waals surface area contributed by atoms with Gasteiger partial charge < -0.3 is 5.32 Å². The number of aryl methyl sites for hydroxylation is 1. The average Bonchev–Trinajstić information content (AvgIpc) is 2.96. The molecule has 0 unspecified atom stereocenters. The molecule has 0 bridgehead atoms. The van der Waals surface area contributed by atoms with Gasteiger partial charge in [0.25, 0.3) is 0 Å². The van der Waals surface area contributed by atoms with Crippen LogP contribution in [0.1, 0.15) is 27.3 Å². The number of aromatic nitrogens is 4. The van der Waals surface area contributed by atoms with Crippen LogP contribution < -0.4 is 5.32 Å². The first-order valence-corrected chi connectivity index (χ1v) is 6.93. The molecule has 2 heterocycles. The zero-order valence-electron chi connectivity index (χ0n) is 12.7. The van der Waals surface area contributed by atoms with Crippen molar-refractivity contribution >= 4 is 17.4 Å². The monoisotopic (exact) mass is 335 g/mol. The number of hydrogen-bond donors (Lipinski definition) is 1. The zero-order chi connectivity index (χ0) is 17.5. The van der Waals surface area contributed by atoms with Gasteiger partial charge in [-0.05, 0) is 19.1 Å². The van der Waals surface area contributed by atoms with Gasteiger partial charge in [-0.1, -0.05) is 12.1 Å². The number of anilines is 1. The van der Waals surface area contributed by atoms with E-state index in [0.717, 1.165) is 12.1 Å². The Kier molecular flexibility index (Phi) is 3.70. The Morgan fingerprint density at radius 3 is 2.67 bits per heavy atom. The summed E-state index contributed by atoms with van der Waals surface area (Å²) in [4.78, 5) is 20.9. The number of fused-ring (bicyclic) bond motifs is 1. The number of rotatable bonds is 3. The van der Waals surface area contributed by atoms with Gasteiger partial charge in [-0.2, -0.15) is 27.8 Å². The number of ketones is 1. The summed E-state index contributed by atoms with van der Waals surface area (Å²) in [6.07, 6.45) is -3.25. The fraction of sp³-hybridized carbons (Fsp3) is 0.200. The van der Waals surface area contributed by atoms with Crippen molar-refractivity contribution in [3.8, 4) is 0 Å². The molecule has 0 saturated heterocycles. The molecule has 1 N–H and O–H groups in total. The third kappa shape index (κ3) is 2.68. The number of hydrogen-bond acceptors (Lipinski definition) is 5. The Labute approximate surface area is 134 Å². The van der Waals surface area contributed by atoms with Crippen LogP contribution in [0.25, 0.3) is 5.65 Å². The lowest BCUT2D eigenvalue weighted by atomic mass is 10.0. The van der Waals surface area contributed by atoms with E-state index in [2.05, 4.69) is 20.4 Å². The molecule has 0 aliphatic rings. The molecule has 0 aliphatic carbocycles. The molecule has 0 fully saturated rings. The Balaban J connectivity index is 2.12. The van der Waals surface area contributed by atoms with E-state index in [1.165, 1.54) is 22.8 Å². The first kappa shape index (κ1) is 15.9. The highest BCUT2D eigenvalue weighted by Crippen LogP contribution is 2.30. The number of nitrogens with zero attached hydrogens (tertiary/aromatic N) is 4. The van der Waals surface area contributed by atoms with E-state index in [1.807, 2.05) is 0 Å². The van der Waals surface area contributed by atoms with Gasteiger partial charge in [-0.15, -0.1) is 0 Å². The van der Waals surface area contributed by atoms with Crippen molar-refractivity contribution < 1.29 is 18.0 Å². The standard InChI is InChI=1S/C15H12F3N5O/c1-8-21-13-11(7-20-23(13)14(19-2)22-8)12(24)9-4-3-5-10(6-9)15(16,17)18/h3-7H,1-2H3,(H,19,21,22). The van der Waals surface area contributed by atoms with Crippen LogP contribution in [0.15, 0.2) is 30.5 Å². The number of nitrogens with one attached hydrogen (secondary N) is 1. The number of carbonyl (C=O) groups excluding carboxylic acids is 1. The minimum atomic E-state index is -4.52. The molecule has 1 aromatic carbocycles. The molecule has 0 atom stereocenters. The van der Waals surface area contributed by atoms with Gasteiger partial charge >= 0.3 is 6.18 Å². The van der Waals surface area contributed by atoms with Gasteiger partial charge in [0.15, 0.2) is 11.4 Å². The van der Waals surface area contributed by atoms with Crippen molar-refractivity contribution in [2.24, 2.45) is 0 Å². The Bertz CT molecular complexity index is 932. The molecule has 3 rings (SSSR count). The van der Waals surface area contributed by atoms with Crippen molar-refractivity contribution in [2.75, 3.05) is 12.4 Å². The molecule has 24 heavy (non-hydrogen) atoms. The number of halogens is 3. The van der Waals surface area contributed by atoms with Crippen molar-refractivity contribution in [3.05, 3.63) is 53.0 Å². The molecule has 0 spiro atoms. The van der Waals surface area contributed by atoms with E-state index >= 15 is 0 Å². The van der Waals surface area contributed by atoms with Crippen LogP contribution in [-0.2, 0) is 6.18 Å². The van der Waals surface area contributed by atoms with Crippen LogP contribution in [0.4, 0.5) is 19.1 Å². The van der Waals surface area contributed by atoms with Crippen molar-refractivity contribution in [3.63, 3.8) is 0 Å². The van der Waals surface area contributed by atoms with Crippen molar-refractivity contribution in [1.29, 1.82) is 0 Å². The minimum absolute atomic E-state index is 0.0815. The van der Waals surface area contributed by atoms with Crippen LogP contribution in [0.5, 0.6) is 0 Å². The molecule has 3 aromatic rings. The third-order valence-electron chi connectivity index (χ3n) is 3.40.